The Bertz CT molecular complexity index is 936. The number of piperidine rings is 1. The van der Waals surface area contributed by atoms with Gasteiger partial charge in [0.25, 0.3) is 5.91 Å². The molecule has 3 amide bonds. The molecular formula is C24H28N4O3. The zero-order valence-electron chi connectivity index (χ0n) is 17.5. The lowest BCUT2D eigenvalue weighted by molar-refractivity contribution is -0.142. The second kappa shape index (κ2) is 8.59. The normalized spacial score (nSPS) is 23.2. The fourth-order valence-electron chi connectivity index (χ4n) is 4.71. The number of hydrogen-bond donors (Lipinski definition) is 2. The molecule has 31 heavy (non-hydrogen) atoms. The number of anilines is 1. The number of allylic oxidation sites excluding steroid dienone is 1. The highest BCUT2D eigenvalue weighted by Gasteiger charge is 2.31. The van der Waals surface area contributed by atoms with Crippen LogP contribution in [0.4, 0.5) is 10.5 Å². The molecule has 162 valence electrons. The van der Waals surface area contributed by atoms with Crippen molar-refractivity contribution in [2.45, 2.75) is 37.7 Å². The number of carbonyl (C=O) groups is 2. The van der Waals surface area contributed by atoms with Gasteiger partial charge in [-0.05, 0) is 66.5 Å². The zero-order chi connectivity index (χ0) is 21.2. The summed E-state index contributed by atoms with van der Waals surface area (Å²) in [7, 11) is 0. The van der Waals surface area contributed by atoms with Crippen LogP contribution in [0.2, 0.25) is 0 Å². The van der Waals surface area contributed by atoms with Crippen LogP contribution >= 0.6 is 0 Å². The van der Waals surface area contributed by atoms with Crippen LogP contribution in [0.25, 0.3) is 0 Å². The molecule has 4 heterocycles. The van der Waals surface area contributed by atoms with Crippen LogP contribution < -0.4 is 10.6 Å². The van der Waals surface area contributed by atoms with Gasteiger partial charge in [0.1, 0.15) is 6.10 Å². The van der Waals surface area contributed by atoms with E-state index in [1.807, 2.05) is 41.7 Å². The van der Waals surface area contributed by atoms with Crippen LogP contribution in [0.15, 0.2) is 60.1 Å². The molecule has 1 atom stereocenters. The number of dihydropyridines is 1. The van der Waals surface area contributed by atoms with Gasteiger partial charge < -0.3 is 20.3 Å². The lowest BCUT2D eigenvalue weighted by atomic mass is 9.89. The molecule has 1 aromatic rings. The first-order valence-corrected chi connectivity index (χ1v) is 11.1. The van der Waals surface area contributed by atoms with Crippen molar-refractivity contribution in [2.75, 3.05) is 31.6 Å². The summed E-state index contributed by atoms with van der Waals surface area (Å²) < 4.78 is 5.55. The summed E-state index contributed by atoms with van der Waals surface area (Å²) in [6.45, 7) is 2.84. The third-order valence-corrected chi connectivity index (χ3v) is 6.53. The molecule has 0 saturated carbocycles. The predicted octanol–water partition coefficient (Wildman–Crippen LogP) is 3.30. The number of ether oxygens (including phenoxy) is 1. The summed E-state index contributed by atoms with van der Waals surface area (Å²) in [6, 6.07) is 7.98. The molecule has 0 spiro atoms. The fraction of sp³-hybridized carbons (Fsp3) is 0.417. The van der Waals surface area contributed by atoms with Crippen molar-refractivity contribution in [3.05, 3.63) is 65.7 Å². The first-order valence-electron chi connectivity index (χ1n) is 11.1. The van der Waals surface area contributed by atoms with E-state index in [0.717, 1.165) is 55.6 Å². The molecule has 5 rings (SSSR count). The largest absolute Gasteiger partial charge is 0.368 e. The van der Waals surface area contributed by atoms with E-state index in [9.17, 15) is 9.59 Å². The maximum absolute atomic E-state index is 12.6. The van der Waals surface area contributed by atoms with Crippen LogP contribution in [-0.2, 0) is 9.53 Å². The van der Waals surface area contributed by atoms with Crippen molar-refractivity contribution >= 4 is 17.6 Å². The van der Waals surface area contributed by atoms with Gasteiger partial charge in [0, 0.05) is 44.0 Å². The minimum atomic E-state index is -0.224. The standard InChI is InChI=1S/C24H28N4O3/c29-23(22-2-1-13-31-22)27-11-8-18(9-12-27)17-3-5-21(6-4-17)26-24(30)28-15-19-7-10-25-14-20(19)16-28/h3-7,10,14-15,18,22,25H,1-2,8-9,11-13,16H2,(H,26,30)/t22-/m0/s1. The molecule has 0 bridgehead atoms. The summed E-state index contributed by atoms with van der Waals surface area (Å²) in [5.74, 6) is 0.601. The van der Waals surface area contributed by atoms with Gasteiger partial charge in [0.05, 0.1) is 6.54 Å². The highest BCUT2D eigenvalue weighted by atomic mass is 16.5. The second-order valence-corrected chi connectivity index (χ2v) is 8.54. The van der Waals surface area contributed by atoms with E-state index in [2.05, 4.69) is 22.8 Å². The van der Waals surface area contributed by atoms with Crippen molar-refractivity contribution in [3.63, 3.8) is 0 Å². The van der Waals surface area contributed by atoms with E-state index in [1.54, 1.807) is 4.90 Å². The lowest BCUT2D eigenvalue weighted by Gasteiger charge is -2.33. The zero-order valence-corrected chi connectivity index (χ0v) is 17.5. The van der Waals surface area contributed by atoms with Gasteiger partial charge in [0.15, 0.2) is 0 Å². The van der Waals surface area contributed by atoms with Crippen molar-refractivity contribution < 1.29 is 14.3 Å². The van der Waals surface area contributed by atoms with Gasteiger partial charge in [-0.1, -0.05) is 12.1 Å². The molecule has 4 aliphatic heterocycles. The van der Waals surface area contributed by atoms with Gasteiger partial charge in [-0.15, -0.1) is 0 Å². The second-order valence-electron chi connectivity index (χ2n) is 8.54. The van der Waals surface area contributed by atoms with Crippen LogP contribution in [0, 0.1) is 0 Å². The molecular weight excluding hydrogens is 392 g/mol. The van der Waals surface area contributed by atoms with Crippen molar-refractivity contribution in [2.24, 2.45) is 0 Å². The number of nitrogens with zero attached hydrogens (tertiary/aromatic N) is 2. The van der Waals surface area contributed by atoms with Crippen LogP contribution in [-0.4, -0.2) is 54.1 Å². The first kappa shape index (κ1) is 19.9. The summed E-state index contributed by atoms with van der Waals surface area (Å²) >= 11 is 0. The third kappa shape index (κ3) is 4.23. The van der Waals surface area contributed by atoms with E-state index >= 15 is 0 Å². The first-order chi connectivity index (χ1) is 15.2. The number of nitrogens with one attached hydrogen (secondary N) is 2. The molecule has 2 saturated heterocycles. The molecule has 0 aromatic heterocycles. The molecule has 0 aliphatic carbocycles. The molecule has 2 N–H and O–H groups in total. The quantitative estimate of drug-likeness (QED) is 0.787. The van der Waals surface area contributed by atoms with E-state index < -0.39 is 0 Å². The Labute approximate surface area is 182 Å². The number of likely N-dealkylation sites (tertiary alicyclic amines) is 1. The van der Waals surface area contributed by atoms with Crippen LogP contribution in [0.5, 0.6) is 0 Å². The lowest BCUT2D eigenvalue weighted by Crippen LogP contribution is -2.43. The Morgan fingerprint density at radius 1 is 1.10 bits per heavy atom. The molecule has 0 radical (unpaired) electrons. The van der Waals surface area contributed by atoms with E-state index in [0.29, 0.717) is 19.1 Å². The Morgan fingerprint density at radius 3 is 2.61 bits per heavy atom. The summed E-state index contributed by atoms with van der Waals surface area (Å²) in [6.07, 6.45) is 11.2. The molecule has 7 nitrogen and oxygen atoms in total. The highest BCUT2D eigenvalue weighted by Crippen LogP contribution is 2.30. The Kier molecular flexibility index (Phi) is 5.51. The number of urea groups is 1. The van der Waals surface area contributed by atoms with Crippen LogP contribution in [0.1, 0.15) is 37.2 Å². The van der Waals surface area contributed by atoms with Gasteiger partial charge in [-0.25, -0.2) is 4.79 Å². The monoisotopic (exact) mass is 420 g/mol. The highest BCUT2D eigenvalue weighted by molar-refractivity contribution is 5.91. The SMILES string of the molecule is O=C(Nc1ccc(C2CCN(C(=O)[C@@H]3CCCO3)CC2)cc1)N1C=C2C=CNC=C2C1. The van der Waals surface area contributed by atoms with Crippen LogP contribution in [0.3, 0.4) is 0 Å². The average Bonchev–Trinajstić information content (AvgIpc) is 3.49. The molecule has 1 aromatic carbocycles. The number of hydrogen-bond acceptors (Lipinski definition) is 4. The Hall–Kier alpha value is -3.06. The maximum Gasteiger partial charge on any atom is 0.326 e. The van der Waals surface area contributed by atoms with Gasteiger partial charge >= 0.3 is 6.03 Å². The summed E-state index contributed by atoms with van der Waals surface area (Å²) in [5, 5.41) is 6.04. The Morgan fingerprint density at radius 2 is 1.90 bits per heavy atom. The van der Waals surface area contributed by atoms with Gasteiger partial charge in [0.2, 0.25) is 0 Å². The van der Waals surface area contributed by atoms with Crippen molar-refractivity contribution in [1.82, 2.24) is 15.1 Å². The fourth-order valence-corrected chi connectivity index (χ4v) is 4.71. The predicted molar refractivity (Wildman–Crippen MR) is 118 cm³/mol. The average molecular weight is 421 g/mol. The smallest absolute Gasteiger partial charge is 0.326 e. The topological polar surface area (TPSA) is 73.9 Å². The number of fused-ring (bicyclic) bond motifs is 1. The van der Waals surface area contributed by atoms with Crippen molar-refractivity contribution in [1.29, 1.82) is 0 Å². The van der Waals surface area contributed by atoms with E-state index in [4.69, 9.17) is 4.74 Å². The minimum absolute atomic E-state index is 0.134. The van der Waals surface area contributed by atoms with Gasteiger partial charge in [-0.2, -0.15) is 0 Å². The number of carbonyl (C=O) groups excluding carboxylic acids is 2. The number of benzene rings is 1. The summed E-state index contributed by atoms with van der Waals surface area (Å²) in [4.78, 5) is 28.8. The Balaban J connectivity index is 1.14. The number of rotatable bonds is 3. The van der Waals surface area contributed by atoms with E-state index in [1.165, 1.54) is 5.56 Å². The van der Waals surface area contributed by atoms with Gasteiger partial charge in [-0.3, -0.25) is 9.69 Å². The summed E-state index contributed by atoms with van der Waals surface area (Å²) in [5.41, 5.74) is 4.22. The maximum atomic E-state index is 12.6. The molecule has 4 aliphatic rings. The van der Waals surface area contributed by atoms with E-state index in [-0.39, 0.29) is 18.0 Å². The third-order valence-electron chi connectivity index (χ3n) is 6.53. The van der Waals surface area contributed by atoms with Crippen molar-refractivity contribution in [3.8, 4) is 0 Å². The molecule has 7 heteroatoms. The number of amides is 3. The molecule has 0 unspecified atom stereocenters. The molecule has 2 fully saturated rings. The minimum Gasteiger partial charge on any atom is -0.368 e.